The van der Waals surface area contributed by atoms with Gasteiger partial charge >= 0.3 is 0 Å². The van der Waals surface area contributed by atoms with E-state index in [1.807, 2.05) is 0 Å². The number of nitrogens with one attached hydrogen (secondary N) is 1. The maximum atomic E-state index is 9.46. The molecule has 0 radical (unpaired) electrons. The fraction of sp³-hybridized carbons (Fsp3) is 1.00. The van der Waals surface area contributed by atoms with Crippen LogP contribution in [-0.2, 0) is 22.5 Å². The third kappa shape index (κ3) is 22.5. The van der Waals surface area contributed by atoms with Gasteiger partial charge in [-0.2, -0.15) is 0 Å². The minimum atomic E-state index is -2.40. The normalized spacial score (nSPS) is 14.3. The molecular weight excluding hydrogens is 202 g/mol. The Hall–Kier alpha value is 0.180. The van der Waals surface area contributed by atoms with Gasteiger partial charge in [0.05, 0.1) is 0 Å². The molecule has 0 heterocycles. The van der Waals surface area contributed by atoms with E-state index in [1.165, 1.54) is 23.4 Å². The van der Waals surface area contributed by atoms with Crippen LogP contribution >= 0.6 is 0 Å². The van der Waals surface area contributed by atoms with Crippen LogP contribution in [0.3, 0.4) is 0 Å². The zero-order valence-corrected chi connectivity index (χ0v) is 8.78. The number of hydrogen-bond donors (Lipinski definition) is 3. The van der Waals surface area contributed by atoms with Crippen LogP contribution in [0.1, 0.15) is 33.1 Å². The molecule has 76 valence electrons. The van der Waals surface area contributed by atoms with Crippen LogP contribution in [-0.4, -0.2) is 17.5 Å². The lowest BCUT2D eigenvalue weighted by atomic mass is 10.3. The van der Waals surface area contributed by atoms with Crippen molar-refractivity contribution in [1.29, 1.82) is 0 Å². The maximum Gasteiger partial charge on any atom is 0.245 e. The second-order valence-electron chi connectivity index (χ2n) is 1.94. The molecule has 0 amide bonds. The summed E-state index contributed by atoms with van der Waals surface area (Å²) in [6.07, 6.45) is 4.08. The van der Waals surface area contributed by atoms with Crippen LogP contribution in [0.2, 0.25) is 0 Å². The summed E-state index contributed by atoms with van der Waals surface area (Å²) in [6, 6.07) is 0. The van der Waals surface area contributed by atoms with Gasteiger partial charge in [0.25, 0.3) is 0 Å². The summed E-state index contributed by atoms with van der Waals surface area (Å²) in [4.78, 5) is 0. The lowest BCUT2D eigenvalue weighted by Gasteiger charge is -1.85. The Labute approximate surface area is 77.8 Å². The van der Waals surface area contributed by atoms with Gasteiger partial charge in [-0.05, 0) is 0 Å². The number of hydrogen-bond acceptors (Lipinski definition) is 2. The van der Waals surface area contributed by atoms with Crippen molar-refractivity contribution >= 4 is 22.5 Å². The molecule has 0 saturated heterocycles. The molecule has 0 spiro atoms. The predicted octanol–water partition coefficient (Wildman–Crippen LogP) is 1.05. The van der Waals surface area contributed by atoms with E-state index in [0.717, 1.165) is 0 Å². The quantitative estimate of drug-likeness (QED) is 0.614. The van der Waals surface area contributed by atoms with Crippen molar-refractivity contribution < 1.29 is 17.5 Å². The zero-order chi connectivity index (χ0) is 9.98. The zero-order valence-electron chi connectivity index (χ0n) is 7.15. The van der Waals surface area contributed by atoms with E-state index in [1.54, 1.807) is 0 Å². The molecule has 0 aromatic carbocycles. The molecule has 2 atom stereocenters. The molecule has 0 rings (SSSR count). The summed E-state index contributed by atoms with van der Waals surface area (Å²) in [5.41, 5.74) is 0. The maximum absolute atomic E-state index is 9.46. The molecule has 5 nitrogen and oxygen atoms in total. The average molecular weight is 217 g/mol. The third-order valence-corrected chi connectivity index (χ3v) is 1.99. The molecule has 12 heavy (non-hydrogen) atoms. The summed E-state index contributed by atoms with van der Waals surface area (Å²) in [7, 11) is 0. The fourth-order valence-corrected chi connectivity index (χ4v) is 0.902. The van der Waals surface area contributed by atoms with E-state index in [9.17, 15) is 8.42 Å². The van der Waals surface area contributed by atoms with Crippen LogP contribution in [0.15, 0.2) is 0 Å². The smallest absolute Gasteiger partial charge is 0.245 e. The topological polar surface area (TPSA) is 86.6 Å². The van der Waals surface area contributed by atoms with Crippen LogP contribution in [0.25, 0.3) is 0 Å². The summed E-state index contributed by atoms with van der Waals surface area (Å²) in [6.45, 7) is 4.42. The molecule has 0 aliphatic heterocycles. The van der Waals surface area contributed by atoms with E-state index in [-0.39, 0.29) is 0 Å². The first kappa shape index (κ1) is 14.7. The summed E-state index contributed by atoms with van der Waals surface area (Å²) in [5, 5.41) is 0. The van der Waals surface area contributed by atoms with Gasteiger partial charge in [0, 0.05) is 0 Å². The highest BCUT2D eigenvalue weighted by Gasteiger charge is 1.92. The Balaban J connectivity index is 0. The molecule has 0 aliphatic carbocycles. The Morgan fingerprint density at radius 1 is 1.08 bits per heavy atom. The molecular formula is C5H15NO4S2. The molecule has 3 N–H and O–H groups in total. The first-order chi connectivity index (χ1) is 5.54. The van der Waals surface area contributed by atoms with E-state index in [0.29, 0.717) is 0 Å². The van der Waals surface area contributed by atoms with Crippen molar-refractivity contribution in [2.24, 2.45) is 0 Å². The van der Waals surface area contributed by atoms with E-state index in [2.05, 4.69) is 13.8 Å². The fourth-order valence-electron chi connectivity index (χ4n) is 0.415. The van der Waals surface area contributed by atoms with Crippen molar-refractivity contribution in [1.82, 2.24) is 4.13 Å². The van der Waals surface area contributed by atoms with Gasteiger partial charge in [-0.3, -0.25) is 9.11 Å². The van der Waals surface area contributed by atoms with Crippen molar-refractivity contribution in [3.63, 3.8) is 0 Å². The monoisotopic (exact) mass is 217 g/mol. The second kappa shape index (κ2) is 11.2. The van der Waals surface area contributed by atoms with Gasteiger partial charge in [-0.25, -0.2) is 8.42 Å². The third-order valence-electron chi connectivity index (χ3n) is 0.850. The van der Waals surface area contributed by atoms with Gasteiger partial charge in [0.2, 0.25) is 22.5 Å². The standard InChI is InChI=1S/C5H12.H3NO4S2/c1-3-5-4-2;2-6(3)1-7(4)5/h3-5H2,1-2H3;1H,(H,2,3)(H,4,5). The van der Waals surface area contributed by atoms with Gasteiger partial charge in [-0.15, -0.1) is 4.13 Å². The first-order valence-electron chi connectivity index (χ1n) is 3.52. The minimum Gasteiger partial charge on any atom is -0.293 e. The lowest BCUT2D eigenvalue weighted by Crippen LogP contribution is -2.17. The summed E-state index contributed by atoms with van der Waals surface area (Å²) < 4.78 is 35.7. The molecule has 2 unspecified atom stereocenters. The van der Waals surface area contributed by atoms with Gasteiger partial charge in [0.1, 0.15) is 0 Å². The Bertz CT molecular complexity index is 127. The highest BCUT2D eigenvalue weighted by Crippen LogP contribution is 1.88. The largest absolute Gasteiger partial charge is 0.293 e. The summed E-state index contributed by atoms with van der Waals surface area (Å²) >= 11 is -4.79. The van der Waals surface area contributed by atoms with Gasteiger partial charge in [0.15, 0.2) is 0 Å². The molecule has 0 aromatic heterocycles. The summed E-state index contributed by atoms with van der Waals surface area (Å²) in [5.74, 6) is 0. The average Bonchev–Trinajstić information content (AvgIpc) is 1.87. The molecule has 0 fully saturated rings. The number of rotatable bonds is 4. The molecule has 7 heteroatoms. The Kier molecular flexibility index (Phi) is 13.7. The van der Waals surface area contributed by atoms with Crippen molar-refractivity contribution in [3.05, 3.63) is 0 Å². The van der Waals surface area contributed by atoms with E-state index >= 15 is 0 Å². The van der Waals surface area contributed by atoms with Gasteiger partial charge < -0.3 is 0 Å². The molecule has 0 bridgehead atoms. The predicted molar refractivity (Wildman–Crippen MR) is 49.9 cm³/mol. The molecule has 0 aliphatic rings. The second-order valence-corrected chi connectivity index (χ2v) is 3.60. The van der Waals surface area contributed by atoms with Crippen molar-refractivity contribution in [2.45, 2.75) is 33.1 Å². The number of unbranched alkanes of at least 4 members (excludes halogenated alkanes) is 2. The van der Waals surface area contributed by atoms with Crippen molar-refractivity contribution in [3.8, 4) is 0 Å². The van der Waals surface area contributed by atoms with Crippen LogP contribution in [0.4, 0.5) is 0 Å². The van der Waals surface area contributed by atoms with Crippen LogP contribution < -0.4 is 4.13 Å². The SMILES string of the molecule is CCCCC.O=S(O)NS(=O)O. The van der Waals surface area contributed by atoms with Crippen molar-refractivity contribution in [2.75, 3.05) is 0 Å². The highest BCUT2D eigenvalue weighted by atomic mass is 32.3. The minimum absolute atomic E-state index is 1.34. The van der Waals surface area contributed by atoms with E-state index in [4.69, 9.17) is 9.11 Å². The van der Waals surface area contributed by atoms with E-state index < -0.39 is 22.5 Å². The van der Waals surface area contributed by atoms with Crippen LogP contribution in [0.5, 0.6) is 0 Å². The highest BCUT2D eigenvalue weighted by molar-refractivity contribution is 7.93. The lowest BCUT2D eigenvalue weighted by molar-refractivity contribution is 0.542. The Morgan fingerprint density at radius 2 is 1.42 bits per heavy atom. The van der Waals surface area contributed by atoms with Gasteiger partial charge in [-0.1, -0.05) is 33.1 Å². The molecule has 0 aromatic rings. The molecule has 0 saturated carbocycles. The Morgan fingerprint density at radius 3 is 1.42 bits per heavy atom. The first-order valence-corrected chi connectivity index (χ1v) is 5.73. The van der Waals surface area contributed by atoms with Crippen LogP contribution in [0, 0.1) is 0 Å².